The van der Waals surface area contributed by atoms with E-state index in [0.29, 0.717) is 18.7 Å². The van der Waals surface area contributed by atoms with Crippen LogP contribution >= 0.6 is 0 Å². The first-order chi connectivity index (χ1) is 5.44. The maximum atomic E-state index is 10.8. The second kappa shape index (κ2) is 2.86. The van der Waals surface area contributed by atoms with Crippen LogP contribution in [0.5, 0.6) is 0 Å². The van der Waals surface area contributed by atoms with Gasteiger partial charge >= 0.3 is 0 Å². The fourth-order valence-electron chi connectivity index (χ4n) is 1.39. The van der Waals surface area contributed by atoms with Gasteiger partial charge in [0.05, 0.1) is 11.9 Å². The number of nitrogens with two attached hydrogens (primary N) is 1. The summed E-state index contributed by atoms with van der Waals surface area (Å²) in [6, 6.07) is 0.0314. The van der Waals surface area contributed by atoms with Gasteiger partial charge in [0.25, 0.3) is 0 Å². The van der Waals surface area contributed by atoms with Crippen molar-refractivity contribution in [3.05, 3.63) is 0 Å². The zero-order chi connectivity index (χ0) is 9.35. The van der Waals surface area contributed by atoms with E-state index in [1.54, 1.807) is 6.92 Å². The highest BCUT2D eigenvalue weighted by Gasteiger charge is 2.46. The average Bonchev–Trinajstić information content (AvgIpc) is 1.82. The van der Waals surface area contributed by atoms with Gasteiger partial charge in [-0.1, -0.05) is 0 Å². The van der Waals surface area contributed by atoms with Gasteiger partial charge in [0.2, 0.25) is 0 Å². The number of aliphatic hydroxyl groups is 1. The summed E-state index contributed by atoms with van der Waals surface area (Å²) in [4.78, 5) is 14.9. The molecule has 0 atom stereocenters. The minimum Gasteiger partial charge on any atom is -0.388 e. The molecule has 0 aromatic heterocycles. The second-order valence-electron chi connectivity index (χ2n) is 3.42. The Bertz CT molecular complexity index is 225. The van der Waals surface area contributed by atoms with Crippen molar-refractivity contribution in [2.75, 3.05) is 0 Å². The van der Waals surface area contributed by atoms with E-state index in [9.17, 15) is 9.90 Å². The molecular formula is C8H14N2O2. The number of nitrogens with zero attached hydrogens (tertiary/aromatic N) is 1. The lowest BCUT2D eigenvalue weighted by Gasteiger charge is -2.39. The zero-order valence-electron chi connectivity index (χ0n) is 7.37. The van der Waals surface area contributed by atoms with E-state index in [2.05, 4.69) is 4.99 Å². The molecule has 4 heteroatoms. The van der Waals surface area contributed by atoms with E-state index in [0.717, 1.165) is 0 Å². The smallest absolute Gasteiger partial charge is 0.161 e. The Labute approximate surface area is 71.5 Å². The highest BCUT2D eigenvalue weighted by Crippen LogP contribution is 2.35. The Kier molecular flexibility index (Phi) is 2.19. The molecule has 1 aliphatic rings. The van der Waals surface area contributed by atoms with Crippen LogP contribution in [0, 0.1) is 0 Å². The standard InChI is InChI=1S/C8H14N2O2/c1-5(11)8(12)3-7(4-8)10-6(2)9/h7,12H,3-4H2,1-2H3,(H2,9,10). The Morgan fingerprint density at radius 2 is 2.08 bits per heavy atom. The number of hydrogen-bond donors (Lipinski definition) is 2. The third-order valence-electron chi connectivity index (χ3n) is 2.19. The molecule has 1 rings (SSSR count). The van der Waals surface area contributed by atoms with Gasteiger partial charge in [-0.25, -0.2) is 0 Å². The van der Waals surface area contributed by atoms with Gasteiger partial charge in [-0.2, -0.15) is 0 Å². The number of Topliss-reactive ketones (excluding diaryl/α,β-unsaturated/α-hetero) is 1. The first-order valence-corrected chi connectivity index (χ1v) is 3.97. The van der Waals surface area contributed by atoms with Crippen molar-refractivity contribution in [3.8, 4) is 0 Å². The Morgan fingerprint density at radius 1 is 1.58 bits per heavy atom. The predicted molar refractivity (Wildman–Crippen MR) is 45.9 cm³/mol. The van der Waals surface area contributed by atoms with E-state index >= 15 is 0 Å². The number of rotatable bonds is 2. The molecule has 0 unspecified atom stereocenters. The minimum atomic E-state index is -1.12. The zero-order valence-corrected chi connectivity index (χ0v) is 7.37. The topological polar surface area (TPSA) is 75.7 Å². The van der Waals surface area contributed by atoms with Gasteiger partial charge in [0.15, 0.2) is 5.78 Å². The first-order valence-electron chi connectivity index (χ1n) is 3.97. The number of amidine groups is 1. The molecule has 3 N–H and O–H groups in total. The van der Waals surface area contributed by atoms with Crippen LogP contribution < -0.4 is 5.73 Å². The molecule has 0 saturated heterocycles. The number of carbonyl (C=O) groups is 1. The first kappa shape index (κ1) is 9.19. The Morgan fingerprint density at radius 3 is 2.42 bits per heavy atom. The molecule has 0 bridgehead atoms. The quantitative estimate of drug-likeness (QED) is 0.447. The van der Waals surface area contributed by atoms with Gasteiger partial charge in [0, 0.05) is 12.8 Å². The molecule has 0 heterocycles. The van der Waals surface area contributed by atoms with Crippen LogP contribution in [0.3, 0.4) is 0 Å². The fourth-order valence-corrected chi connectivity index (χ4v) is 1.39. The lowest BCUT2D eigenvalue weighted by atomic mass is 9.73. The van der Waals surface area contributed by atoms with Crippen molar-refractivity contribution in [2.24, 2.45) is 10.7 Å². The van der Waals surface area contributed by atoms with Crippen molar-refractivity contribution in [3.63, 3.8) is 0 Å². The molecule has 1 fully saturated rings. The molecule has 0 aliphatic heterocycles. The highest BCUT2D eigenvalue weighted by molar-refractivity contribution is 5.86. The van der Waals surface area contributed by atoms with Crippen LogP contribution in [-0.2, 0) is 4.79 Å². The van der Waals surface area contributed by atoms with Crippen LogP contribution in [0.15, 0.2) is 4.99 Å². The van der Waals surface area contributed by atoms with Crippen LogP contribution in [0.1, 0.15) is 26.7 Å². The molecule has 12 heavy (non-hydrogen) atoms. The summed E-state index contributed by atoms with van der Waals surface area (Å²) < 4.78 is 0. The Balaban J connectivity index is 2.47. The van der Waals surface area contributed by atoms with E-state index in [1.807, 2.05) is 0 Å². The lowest BCUT2D eigenvalue weighted by molar-refractivity contribution is -0.145. The molecule has 0 aromatic rings. The Hall–Kier alpha value is -0.900. The summed E-state index contributed by atoms with van der Waals surface area (Å²) in [5, 5.41) is 9.51. The van der Waals surface area contributed by atoms with E-state index < -0.39 is 5.60 Å². The maximum absolute atomic E-state index is 10.8. The second-order valence-corrected chi connectivity index (χ2v) is 3.42. The normalized spacial score (nSPS) is 35.9. The van der Waals surface area contributed by atoms with Crippen LogP contribution in [0.4, 0.5) is 0 Å². The molecular weight excluding hydrogens is 156 g/mol. The minimum absolute atomic E-state index is 0.0314. The summed E-state index contributed by atoms with van der Waals surface area (Å²) in [6.07, 6.45) is 0.827. The summed E-state index contributed by atoms with van der Waals surface area (Å²) in [5.74, 6) is 0.328. The SMILES string of the molecule is CC(=O)C1(O)CC(N=C(C)N)C1. The average molecular weight is 170 g/mol. The molecule has 1 saturated carbocycles. The number of hydrogen-bond acceptors (Lipinski definition) is 3. The van der Waals surface area contributed by atoms with Gasteiger partial charge in [0.1, 0.15) is 5.60 Å². The lowest BCUT2D eigenvalue weighted by Crippen LogP contribution is -2.51. The van der Waals surface area contributed by atoms with Gasteiger partial charge < -0.3 is 10.8 Å². The van der Waals surface area contributed by atoms with Crippen molar-refractivity contribution in [1.82, 2.24) is 0 Å². The summed E-state index contributed by atoms with van der Waals surface area (Å²) in [6.45, 7) is 3.10. The third kappa shape index (κ3) is 1.64. The summed E-state index contributed by atoms with van der Waals surface area (Å²) >= 11 is 0. The molecule has 0 amide bonds. The number of carbonyl (C=O) groups excluding carboxylic acids is 1. The molecule has 4 nitrogen and oxygen atoms in total. The molecule has 68 valence electrons. The highest BCUT2D eigenvalue weighted by atomic mass is 16.3. The van der Waals surface area contributed by atoms with Crippen LogP contribution in [-0.4, -0.2) is 28.4 Å². The summed E-state index contributed by atoms with van der Waals surface area (Å²) in [5.41, 5.74) is 4.23. The van der Waals surface area contributed by atoms with E-state index in [1.165, 1.54) is 6.92 Å². The molecule has 0 spiro atoms. The largest absolute Gasteiger partial charge is 0.388 e. The summed E-state index contributed by atoms with van der Waals surface area (Å²) in [7, 11) is 0. The van der Waals surface area contributed by atoms with Gasteiger partial charge in [-0.3, -0.25) is 9.79 Å². The van der Waals surface area contributed by atoms with Gasteiger partial charge in [-0.05, 0) is 13.8 Å². The van der Waals surface area contributed by atoms with E-state index in [4.69, 9.17) is 5.73 Å². The van der Waals surface area contributed by atoms with Crippen LogP contribution in [0.2, 0.25) is 0 Å². The van der Waals surface area contributed by atoms with E-state index in [-0.39, 0.29) is 11.8 Å². The molecule has 1 aliphatic carbocycles. The maximum Gasteiger partial charge on any atom is 0.161 e. The van der Waals surface area contributed by atoms with Crippen molar-refractivity contribution < 1.29 is 9.90 Å². The van der Waals surface area contributed by atoms with Gasteiger partial charge in [-0.15, -0.1) is 0 Å². The molecule has 0 radical (unpaired) electrons. The predicted octanol–water partition coefficient (Wildman–Crippen LogP) is -0.154. The van der Waals surface area contributed by atoms with Crippen molar-refractivity contribution in [1.29, 1.82) is 0 Å². The fraction of sp³-hybridized carbons (Fsp3) is 0.750. The number of aliphatic imine (C=N–C) groups is 1. The third-order valence-corrected chi connectivity index (χ3v) is 2.19. The monoisotopic (exact) mass is 170 g/mol. The van der Waals surface area contributed by atoms with Crippen LogP contribution in [0.25, 0.3) is 0 Å². The number of ketones is 1. The van der Waals surface area contributed by atoms with Crippen molar-refractivity contribution in [2.45, 2.75) is 38.3 Å². The molecule has 0 aromatic carbocycles. The van der Waals surface area contributed by atoms with Crippen molar-refractivity contribution >= 4 is 11.6 Å².